The van der Waals surface area contributed by atoms with E-state index in [1.807, 2.05) is 0 Å². The highest BCUT2D eigenvalue weighted by Crippen LogP contribution is 2.31. The van der Waals surface area contributed by atoms with E-state index in [-0.39, 0.29) is 22.5 Å². The van der Waals surface area contributed by atoms with E-state index in [1.165, 1.54) is 26.0 Å². The molecule has 1 aromatic heterocycles. The van der Waals surface area contributed by atoms with Crippen molar-refractivity contribution >= 4 is 11.7 Å². The number of ether oxygens (including phenoxy) is 1. The van der Waals surface area contributed by atoms with Crippen LogP contribution in [0.15, 0.2) is 12.1 Å². The third-order valence-corrected chi connectivity index (χ3v) is 3.34. The highest BCUT2D eigenvalue weighted by atomic mass is 19.2. The molecule has 1 aromatic carbocycles. The van der Waals surface area contributed by atoms with Gasteiger partial charge in [-0.25, -0.2) is 22.9 Å². The maximum Gasteiger partial charge on any atom is 0.357 e. The van der Waals surface area contributed by atoms with Gasteiger partial charge in [-0.05, 0) is 25.5 Å². The maximum absolute atomic E-state index is 14.3. The number of hydrogen-bond acceptors (Lipinski definition) is 4. The minimum Gasteiger partial charge on any atom is -0.464 e. The topological polar surface area (TPSA) is 65.2 Å². The summed E-state index contributed by atoms with van der Waals surface area (Å²) in [5, 5.41) is 0. The Labute approximate surface area is 124 Å². The van der Waals surface area contributed by atoms with Crippen molar-refractivity contribution in [2.24, 2.45) is 0 Å². The molecule has 0 fully saturated rings. The van der Waals surface area contributed by atoms with Crippen LogP contribution in [0.25, 0.3) is 11.3 Å². The van der Waals surface area contributed by atoms with Gasteiger partial charge in [-0.2, -0.15) is 0 Å². The number of methoxy groups -OCH3 is 1. The SMILES string of the molecule is COC(=O)c1nc(-c2ccc(C)c(F)c2F)c(F)c(N)c1C. The summed E-state index contributed by atoms with van der Waals surface area (Å²) in [4.78, 5) is 15.4. The van der Waals surface area contributed by atoms with Crippen LogP contribution < -0.4 is 5.73 Å². The Balaban J connectivity index is 2.79. The van der Waals surface area contributed by atoms with E-state index in [4.69, 9.17) is 5.73 Å². The van der Waals surface area contributed by atoms with Gasteiger partial charge in [0, 0.05) is 11.1 Å². The van der Waals surface area contributed by atoms with Gasteiger partial charge in [0.2, 0.25) is 0 Å². The van der Waals surface area contributed by atoms with Crippen LogP contribution in [0.4, 0.5) is 18.9 Å². The monoisotopic (exact) mass is 310 g/mol. The van der Waals surface area contributed by atoms with Crippen LogP contribution in [0.3, 0.4) is 0 Å². The third kappa shape index (κ3) is 2.38. The summed E-state index contributed by atoms with van der Waals surface area (Å²) < 4.78 is 46.5. The second kappa shape index (κ2) is 5.67. The number of nitrogens with zero attached hydrogens (tertiary/aromatic N) is 1. The molecule has 2 aromatic rings. The molecule has 1 heterocycles. The first-order chi connectivity index (χ1) is 10.3. The van der Waals surface area contributed by atoms with Crippen molar-refractivity contribution in [3.63, 3.8) is 0 Å². The molecule has 2 rings (SSSR count). The molecular formula is C15H13F3N2O2. The number of carbonyl (C=O) groups excluding carboxylic acids is 1. The molecule has 0 aliphatic heterocycles. The van der Waals surface area contributed by atoms with E-state index in [0.29, 0.717) is 0 Å². The summed E-state index contributed by atoms with van der Waals surface area (Å²) in [6.45, 7) is 2.75. The summed E-state index contributed by atoms with van der Waals surface area (Å²) in [7, 11) is 1.12. The fourth-order valence-electron chi connectivity index (χ4n) is 1.97. The first-order valence-corrected chi connectivity index (χ1v) is 6.28. The zero-order valence-corrected chi connectivity index (χ0v) is 12.1. The van der Waals surface area contributed by atoms with E-state index < -0.39 is 34.7 Å². The Bertz CT molecular complexity index is 776. The zero-order valence-electron chi connectivity index (χ0n) is 12.1. The van der Waals surface area contributed by atoms with Crippen LogP contribution in [-0.4, -0.2) is 18.1 Å². The third-order valence-electron chi connectivity index (χ3n) is 3.34. The van der Waals surface area contributed by atoms with Gasteiger partial charge < -0.3 is 10.5 Å². The Hall–Kier alpha value is -2.57. The molecule has 0 spiro atoms. The number of carbonyl (C=O) groups is 1. The fraction of sp³-hybridized carbons (Fsp3) is 0.200. The Kier molecular flexibility index (Phi) is 4.07. The lowest BCUT2D eigenvalue weighted by molar-refractivity contribution is 0.0593. The zero-order chi connectivity index (χ0) is 16.6. The lowest BCUT2D eigenvalue weighted by atomic mass is 10.0. The van der Waals surface area contributed by atoms with Gasteiger partial charge in [-0.1, -0.05) is 6.07 Å². The van der Waals surface area contributed by atoms with Gasteiger partial charge >= 0.3 is 5.97 Å². The minimum absolute atomic E-state index is 0.0648. The number of anilines is 1. The van der Waals surface area contributed by atoms with Crippen molar-refractivity contribution in [3.8, 4) is 11.3 Å². The van der Waals surface area contributed by atoms with Gasteiger partial charge in [0.1, 0.15) is 5.69 Å². The molecule has 0 atom stereocenters. The van der Waals surface area contributed by atoms with Crippen LogP contribution in [0.1, 0.15) is 21.6 Å². The molecule has 0 saturated heterocycles. The molecule has 0 aliphatic rings. The number of benzene rings is 1. The number of halogens is 3. The second-order valence-corrected chi connectivity index (χ2v) is 4.71. The lowest BCUT2D eigenvalue weighted by Crippen LogP contribution is -2.12. The van der Waals surface area contributed by atoms with Crippen LogP contribution in [0, 0.1) is 31.3 Å². The standard InChI is InChI=1S/C15H13F3N2O2/c1-6-4-5-8(10(17)9(6)16)14-11(18)12(19)7(2)13(20-14)15(21)22-3/h4-5H,1-3H3,(H2,19,20). The molecule has 0 aliphatic carbocycles. The van der Waals surface area contributed by atoms with Gasteiger partial charge in [-0.3, -0.25) is 0 Å². The maximum atomic E-state index is 14.3. The van der Waals surface area contributed by atoms with Crippen molar-refractivity contribution in [2.45, 2.75) is 13.8 Å². The van der Waals surface area contributed by atoms with Crippen molar-refractivity contribution in [1.82, 2.24) is 4.98 Å². The number of rotatable bonds is 2. The highest BCUT2D eigenvalue weighted by molar-refractivity contribution is 5.91. The Morgan fingerprint density at radius 3 is 2.36 bits per heavy atom. The predicted molar refractivity (Wildman–Crippen MR) is 74.8 cm³/mol. The van der Waals surface area contributed by atoms with Crippen molar-refractivity contribution in [2.75, 3.05) is 12.8 Å². The lowest BCUT2D eigenvalue weighted by Gasteiger charge is -2.12. The van der Waals surface area contributed by atoms with E-state index in [9.17, 15) is 18.0 Å². The summed E-state index contributed by atoms with van der Waals surface area (Å²) in [5.41, 5.74) is 4.14. The summed E-state index contributed by atoms with van der Waals surface area (Å²) in [6.07, 6.45) is 0. The van der Waals surface area contributed by atoms with Crippen molar-refractivity contribution < 1.29 is 22.7 Å². The molecule has 0 radical (unpaired) electrons. The molecule has 0 saturated carbocycles. The predicted octanol–water partition coefficient (Wildman–Crippen LogP) is 3.15. The van der Waals surface area contributed by atoms with E-state index >= 15 is 0 Å². The van der Waals surface area contributed by atoms with E-state index in [1.54, 1.807) is 0 Å². The van der Waals surface area contributed by atoms with Gasteiger partial charge in [0.25, 0.3) is 0 Å². The number of nitrogens with two attached hydrogens (primary N) is 1. The van der Waals surface area contributed by atoms with Gasteiger partial charge in [0.05, 0.1) is 12.8 Å². The average Bonchev–Trinajstić information content (AvgIpc) is 2.51. The van der Waals surface area contributed by atoms with Crippen molar-refractivity contribution in [1.29, 1.82) is 0 Å². The highest BCUT2D eigenvalue weighted by Gasteiger charge is 2.24. The number of aryl methyl sites for hydroxylation is 1. The number of nitrogen functional groups attached to an aromatic ring is 1. The summed E-state index contributed by atoms with van der Waals surface area (Å²) >= 11 is 0. The second-order valence-electron chi connectivity index (χ2n) is 4.71. The molecule has 2 N–H and O–H groups in total. The summed E-state index contributed by atoms with van der Waals surface area (Å²) in [5.74, 6) is -4.24. The minimum atomic E-state index is -1.26. The number of pyridine rings is 1. The van der Waals surface area contributed by atoms with Gasteiger partial charge in [0.15, 0.2) is 23.1 Å². The molecular weight excluding hydrogens is 297 g/mol. The molecule has 22 heavy (non-hydrogen) atoms. The number of esters is 1. The Morgan fingerprint density at radius 2 is 1.77 bits per heavy atom. The molecule has 0 amide bonds. The van der Waals surface area contributed by atoms with Crippen LogP contribution in [0.2, 0.25) is 0 Å². The first-order valence-electron chi connectivity index (χ1n) is 6.28. The van der Waals surface area contributed by atoms with Crippen molar-refractivity contribution in [3.05, 3.63) is 46.4 Å². The normalized spacial score (nSPS) is 10.6. The first kappa shape index (κ1) is 15.8. The van der Waals surface area contributed by atoms with Crippen LogP contribution >= 0.6 is 0 Å². The molecule has 0 unspecified atom stereocenters. The van der Waals surface area contributed by atoms with E-state index in [0.717, 1.165) is 7.11 Å². The molecule has 0 bridgehead atoms. The Morgan fingerprint density at radius 1 is 1.14 bits per heavy atom. The van der Waals surface area contributed by atoms with Crippen LogP contribution in [-0.2, 0) is 4.74 Å². The number of aromatic nitrogens is 1. The van der Waals surface area contributed by atoms with E-state index in [2.05, 4.69) is 9.72 Å². The molecule has 116 valence electrons. The molecule has 7 heteroatoms. The van der Waals surface area contributed by atoms with Crippen LogP contribution in [0.5, 0.6) is 0 Å². The fourth-order valence-corrected chi connectivity index (χ4v) is 1.97. The molecule has 4 nitrogen and oxygen atoms in total. The van der Waals surface area contributed by atoms with Gasteiger partial charge in [-0.15, -0.1) is 0 Å². The largest absolute Gasteiger partial charge is 0.464 e. The number of hydrogen-bond donors (Lipinski definition) is 1. The summed E-state index contributed by atoms with van der Waals surface area (Å²) in [6, 6.07) is 2.46. The quantitative estimate of drug-likeness (QED) is 0.865. The smallest absolute Gasteiger partial charge is 0.357 e. The average molecular weight is 310 g/mol.